The van der Waals surface area contributed by atoms with E-state index in [1.165, 1.54) is 0 Å². The van der Waals surface area contributed by atoms with Gasteiger partial charge < -0.3 is 9.80 Å². The van der Waals surface area contributed by atoms with Gasteiger partial charge in [0.05, 0.1) is 12.1 Å². The van der Waals surface area contributed by atoms with E-state index in [1.54, 1.807) is 0 Å². The molecular formula is C20H23N5O. The molecule has 6 nitrogen and oxygen atoms in total. The average Bonchev–Trinajstić information content (AvgIpc) is 3.05. The molecule has 26 heavy (non-hydrogen) atoms. The molecule has 0 N–H and O–H groups in total. The van der Waals surface area contributed by atoms with Crippen molar-refractivity contribution >= 4 is 16.9 Å². The molecule has 1 unspecified atom stereocenters. The number of hydrogen-bond acceptors (Lipinski definition) is 4. The van der Waals surface area contributed by atoms with Crippen molar-refractivity contribution in [3.05, 3.63) is 59.7 Å². The first-order chi connectivity index (χ1) is 12.6. The third-order valence-electron chi connectivity index (χ3n) is 5.04. The van der Waals surface area contributed by atoms with Gasteiger partial charge in [0.1, 0.15) is 5.52 Å². The van der Waals surface area contributed by atoms with Gasteiger partial charge in [0.15, 0.2) is 0 Å². The van der Waals surface area contributed by atoms with Crippen LogP contribution in [-0.4, -0.2) is 63.4 Å². The van der Waals surface area contributed by atoms with Gasteiger partial charge in [-0.2, -0.15) is 0 Å². The zero-order valence-electron chi connectivity index (χ0n) is 15.2. The molecule has 6 heteroatoms. The Kier molecular flexibility index (Phi) is 4.42. The SMILES string of the molecule is CC1CN(C)CCN1C(=O)c1ccc(Cn2nnc3ccccc32)cc1. The van der Waals surface area contributed by atoms with Gasteiger partial charge in [0.2, 0.25) is 0 Å². The van der Waals surface area contributed by atoms with Crippen LogP contribution in [0.25, 0.3) is 11.0 Å². The van der Waals surface area contributed by atoms with Crippen molar-refractivity contribution in [1.29, 1.82) is 0 Å². The van der Waals surface area contributed by atoms with E-state index in [0.717, 1.165) is 41.8 Å². The first-order valence-corrected chi connectivity index (χ1v) is 8.98. The largest absolute Gasteiger partial charge is 0.333 e. The van der Waals surface area contributed by atoms with Crippen LogP contribution in [0.3, 0.4) is 0 Å². The summed E-state index contributed by atoms with van der Waals surface area (Å²) in [5.74, 6) is 0.114. The Morgan fingerprint density at radius 3 is 2.65 bits per heavy atom. The molecule has 4 rings (SSSR count). The van der Waals surface area contributed by atoms with Gasteiger partial charge in [-0.05, 0) is 43.8 Å². The molecule has 1 fully saturated rings. The van der Waals surface area contributed by atoms with Crippen LogP contribution in [0, 0.1) is 0 Å². The Balaban J connectivity index is 1.49. The highest BCUT2D eigenvalue weighted by molar-refractivity contribution is 5.94. The monoisotopic (exact) mass is 349 g/mol. The minimum atomic E-state index is 0.114. The summed E-state index contributed by atoms with van der Waals surface area (Å²) in [7, 11) is 2.10. The van der Waals surface area contributed by atoms with E-state index < -0.39 is 0 Å². The number of carbonyl (C=O) groups excluding carboxylic acids is 1. The van der Waals surface area contributed by atoms with Crippen LogP contribution < -0.4 is 0 Å². The minimum Gasteiger partial charge on any atom is -0.333 e. The molecule has 0 saturated carbocycles. The van der Waals surface area contributed by atoms with Crippen LogP contribution in [0.5, 0.6) is 0 Å². The lowest BCUT2D eigenvalue weighted by molar-refractivity contribution is 0.0533. The number of fused-ring (bicyclic) bond motifs is 1. The lowest BCUT2D eigenvalue weighted by Gasteiger charge is -2.38. The van der Waals surface area contributed by atoms with Gasteiger partial charge in [-0.25, -0.2) is 4.68 Å². The first kappa shape index (κ1) is 16.7. The van der Waals surface area contributed by atoms with Crippen molar-refractivity contribution in [3.63, 3.8) is 0 Å². The maximum atomic E-state index is 12.8. The summed E-state index contributed by atoms with van der Waals surface area (Å²) in [6.45, 7) is 5.37. The molecule has 0 aliphatic carbocycles. The van der Waals surface area contributed by atoms with E-state index in [2.05, 4.69) is 29.2 Å². The molecular weight excluding hydrogens is 326 g/mol. The number of nitrogens with zero attached hydrogens (tertiary/aromatic N) is 5. The van der Waals surface area contributed by atoms with Crippen LogP contribution in [0.4, 0.5) is 0 Å². The summed E-state index contributed by atoms with van der Waals surface area (Å²) in [5.41, 5.74) is 3.75. The van der Waals surface area contributed by atoms with E-state index in [-0.39, 0.29) is 11.9 Å². The van der Waals surface area contributed by atoms with Crippen molar-refractivity contribution in [1.82, 2.24) is 24.8 Å². The van der Waals surface area contributed by atoms with Gasteiger partial charge in [0.25, 0.3) is 5.91 Å². The second-order valence-corrected chi connectivity index (χ2v) is 7.04. The highest BCUT2D eigenvalue weighted by Crippen LogP contribution is 2.16. The normalized spacial score (nSPS) is 18.4. The molecule has 1 saturated heterocycles. The summed E-state index contributed by atoms with van der Waals surface area (Å²) in [6, 6.07) is 16.0. The van der Waals surface area contributed by atoms with E-state index in [9.17, 15) is 4.79 Å². The second-order valence-electron chi connectivity index (χ2n) is 7.04. The van der Waals surface area contributed by atoms with Crippen LogP contribution in [0.15, 0.2) is 48.5 Å². The highest BCUT2D eigenvalue weighted by Gasteiger charge is 2.26. The Morgan fingerprint density at radius 2 is 1.88 bits per heavy atom. The number of aromatic nitrogens is 3. The number of amides is 1. The van der Waals surface area contributed by atoms with Gasteiger partial charge >= 0.3 is 0 Å². The Morgan fingerprint density at radius 1 is 1.12 bits per heavy atom. The third kappa shape index (κ3) is 3.20. The van der Waals surface area contributed by atoms with Crippen LogP contribution in [0.2, 0.25) is 0 Å². The van der Waals surface area contributed by atoms with Crippen molar-refractivity contribution in [2.45, 2.75) is 19.5 Å². The summed E-state index contributed by atoms with van der Waals surface area (Å²) in [6.07, 6.45) is 0. The van der Waals surface area contributed by atoms with E-state index in [1.807, 2.05) is 58.1 Å². The van der Waals surface area contributed by atoms with Crippen LogP contribution >= 0.6 is 0 Å². The van der Waals surface area contributed by atoms with E-state index in [4.69, 9.17) is 0 Å². The topological polar surface area (TPSA) is 54.3 Å². The lowest BCUT2D eigenvalue weighted by atomic mass is 10.1. The molecule has 1 aromatic heterocycles. The van der Waals surface area contributed by atoms with Gasteiger partial charge in [-0.15, -0.1) is 5.10 Å². The predicted octanol–water partition coefficient (Wildman–Crippen LogP) is 2.26. The van der Waals surface area contributed by atoms with Gasteiger partial charge in [0, 0.05) is 31.2 Å². The minimum absolute atomic E-state index is 0.114. The summed E-state index contributed by atoms with van der Waals surface area (Å²) in [4.78, 5) is 17.0. The number of rotatable bonds is 3. The zero-order chi connectivity index (χ0) is 18.1. The smallest absolute Gasteiger partial charge is 0.254 e. The number of carbonyl (C=O) groups is 1. The predicted molar refractivity (Wildman–Crippen MR) is 101 cm³/mol. The summed E-state index contributed by atoms with van der Waals surface area (Å²) in [5, 5.41) is 8.41. The van der Waals surface area contributed by atoms with Crippen LogP contribution in [-0.2, 0) is 6.54 Å². The molecule has 0 radical (unpaired) electrons. The molecule has 3 aromatic rings. The van der Waals surface area contributed by atoms with Crippen molar-refractivity contribution in [3.8, 4) is 0 Å². The number of likely N-dealkylation sites (N-methyl/N-ethyl adjacent to an activating group) is 1. The fourth-order valence-corrected chi connectivity index (χ4v) is 3.57. The standard InChI is InChI=1S/C20H23N5O/c1-15-13-23(2)11-12-24(15)20(26)17-9-7-16(8-10-17)14-25-19-6-4-3-5-18(19)21-22-25/h3-10,15H,11-14H2,1-2H3. The maximum Gasteiger partial charge on any atom is 0.254 e. The maximum absolute atomic E-state index is 12.8. The molecule has 1 amide bonds. The third-order valence-corrected chi connectivity index (χ3v) is 5.04. The molecule has 1 aliphatic heterocycles. The average molecular weight is 349 g/mol. The molecule has 1 atom stereocenters. The van der Waals surface area contributed by atoms with Crippen molar-refractivity contribution < 1.29 is 4.79 Å². The summed E-state index contributed by atoms with van der Waals surface area (Å²) >= 11 is 0. The summed E-state index contributed by atoms with van der Waals surface area (Å²) < 4.78 is 1.88. The molecule has 1 aliphatic rings. The first-order valence-electron chi connectivity index (χ1n) is 8.98. The van der Waals surface area contributed by atoms with Crippen molar-refractivity contribution in [2.24, 2.45) is 0 Å². The van der Waals surface area contributed by atoms with E-state index in [0.29, 0.717) is 6.54 Å². The molecule has 134 valence electrons. The Labute approximate surface area is 153 Å². The Hall–Kier alpha value is -2.73. The second kappa shape index (κ2) is 6.88. The van der Waals surface area contributed by atoms with Crippen LogP contribution in [0.1, 0.15) is 22.8 Å². The highest BCUT2D eigenvalue weighted by atomic mass is 16.2. The molecule has 2 aromatic carbocycles. The van der Waals surface area contributed by atoms with Gasteiger partial charge in [-0.1, -0.05) is 29.5 Å². The number of hydrogen-bond donors (Lipinski definition) is 0. The van der Waals surface area contributed by atoms with E-state index >= 15 is 0 Å². The molecule has 0 bridgehead atoms. The quantitative estimate of drug-likeness (QED) is 0.728. The number of para-hydroxylation sites is 1. The lowest BCUT2D eigenvalue weighted by Crippen LogP contribution is -2.52. The molecule has 2 heterocycles. The van der Waals surface area contributed by atoms with Gasteiger partial charge in [-0.3, -0.25) is 4.79 Å². The fourth-order valence-electron chi connectivity index (χ4n) is 3.57. The van der Waals surface area contributed by atoms with Crippen molar-refractivity contribution in [2.75, 3.05) is 26.7 Å². The Bertz CT molecular complexity index is 917. The number of benzene rings is 2. The molecule has 0 spiro atoms. The zero-order valence-corrected chi connectivity index (χ0v) is 15.2. The fraction of sp³-hybridized carbons (Fsp3) is 0.350. The number of piperazine rings is 1.